The number of rotatable bonds is 2. The van der Waals surface area contributed by atoms with Crippen LogP contribution in [0.1, 0.15) is 12.8 Å². The molecule has 0 radical (unpaired) electrons. The lowest BCUT2D eigenvalue weighted by Gasteiger charge is -2.38. The summed E-state index contributed by atoms with van der Waals surface area (Å²) in [5.41, 5.74) is 7.71. The van der Waals surface area contributed by atoms with Gasteiger partial charge >= 0.3 is 0 Å². The molecule has 1 aromatic rings. The summed E-state index contributed by atoms with van der Waals surface area (Å²) in [6.45, 7) is 5.41. The molecule has 0 spiro atoms. The molecule has 0 atom stereocenters. The molecular formula is C16H24N4O. The van der Waals surface area contributed by atoms with Gasteiger partial charge in [0.15, 0.2) is 0 Å². The fraction of sp³-hybridized carbons (Fsp3) is 0.562. The van der Waals surface area contributed by atoms with Crippen LogP contribution in [-0.4, -0.2) is 50.1 Å². The standard InChI is InChI=1S/C16H24N4O/c17-14-1-3-15(4-2-14)19-9-11-20(12-10-19)16(21)13-5-7-18-8-6-13/h1-4,13,18H,5-12,17H2. The van der Waals surface area contributed by atoms with Crippen LogP contribution < -0.4 is 16.0 Å². The van der Waals surface area contributed by atoms with Crippen LogP contribution in [0.15, 0.2) is 24.3 Å². The van der Waals surface area contributed by atoms with Gasteiger partial charge in [-0.25, -0.2) is 0 Å². The number of benzene rings is 1. The Labute approximate surface area is 126 Å². The monoisotopic (exact) mass is 288 g/mol. The first kappa shape index (κ1) is 14.2. The van der Waals surface area contributed by atoms with Crippen LogP contribution in [0.3, 0.4) is 0 Å². The molecule has 2 aliphatic heterocycles. The first-order valence-electron chi connectivity index (χ1n) is 7.84. The van der Waals surface area contributed by atoms with Crippen LogP contribution in [-0.2, 0) is 4.79 Å². The second kappa shape index (κ2) is 6.35. The van der Waals surface area contributed by atoms with E-state index in [1.165, 1.54) is 5.69 Å². The predicted molar refractivity (Wildman–Crippen MR) is 85.2 cm³/mol. The van der Waals surface area contributed by atoms with Crippen molar-refractivity contribution in [3.05, 3.63) is 24.3 Å². The summed E-state index contributed by atoms with van der Waals surface area (Å²) >= 11 is 0. The Hall–Kier alpha value is -1.75. The third kappa shape index (κ3) is 3.29. The molecule has 21 heavy (non-hydrogen) atoms. The van der Waals surface area contributed by atoms with E-state index >= 15 is 0 Å². The van der Waals surface area contributed by atoms with Crippen molar-refractivity contribution in [3.63, 3.8) is 0 Å². The summed E-state index contributed by atoms with van der Waals surface area (Å²) in [6.07, 6.45) is 1.97. The van der Waals surface area contributed by atoms with Crippen LogP contribution in [0.2, 0.25) is 0 Å². The van der Waals surface area contributed by atoms with E-state index in [1.807, 2.05) is 17.0 Å². The van der Waals surface area contributed by atoms with E-state index < -0.39 is 0 Å². The van der Waals surface area contributed by atoms with Gasteiger partial charge in [0.2, 0.25) is 5.91 Å². The van der Waals surface area contributed by atoms with Crippen molar-refractivity contribution in [2.45, 2.75) is 12.8 Å². The minimum absolute atomic E-state index is 0.231. The second-order valence-corrected chi connectivity index (χ2v) is 5.93. The molecule has 114 valence electrons. The number of hydrogen-bond acceptors (Lipinski definition) is 4. The third-order valence-corrected chi connectivity index (χ3v) is 4.54. The van der Waals surface area contributed by atoms with Gasteiger partial charge in [-0.1, -0.05) is 0 Å². The van der Waals surface area contributed by atoms with Crippen molar-refractivity contribution in [1.29, 1.82) is 0 Å². The van der Waals surface area contributed by atoms with Crippen LogP contribution in [0.4, 0.5) is 11.4 Å². The zero-order chi connectivity index (χ0) is 14.7. The molecule has 0 aliphatic carbocycles. The molecule has 2 saturated heterocycles. The van der Waals surface area contributed by atoms with Crippen molar-refractivity contribution >= 4 is 17.3 Å². The zero-order valence-corrected chi connectivity index (χ0v) is 12.4. The summed E-state index contributed by atoms with van der Waals surface area (Å²) in [5.74, 6) is 0.586. The number of carbonyl (C=O) groups is 1. The van der Waals surface area contributed by atoms with Gasteiger partial charge < -0.3 is 20.9 Å². The molecule has 0 saturated carbocycles. The highest BCUT2D eigenvalue weighted by Crippen LogP contribution is 2.20. The first-order chi connectivity index (χ1) is 10.2. The molecule has 2 heterocycles. The Morgan fingerprint density at radius 1 is 1.05 bits per heavy atom. The van der Waals surface area contributed by atoms with E-state index in [-0.39, 0.29) is 5.92 Å². The smallest absolute Gasteiger partial charge is 0.225 e. The van der Waals surface area contributed by atoms with Crippen LogP contribution >= 0.6 is 0 Å². The largest absolute Gasteiger partial charge is 0.399 e. The molecule has 0 unspecified atom stereocenters. The lowest BCUT2D eigenvalue weighted by molar-refractivity contribution is -0.136. The molecule has 1 amide bonds. The van der Waals surface area contributed by atoms with Gasteiger partial charge in [-0.15, -0.1) is 0 Å². The number of carbonyl (C=O) groups excluding carboxylic acids is 1. The van der Waals surface area contributed by atoms with Crippen LogP contribution in [0, 0.1) is 5.92 Å². The summed E-state index contributed by atoms with van der Waals surface area (Å²) < 4.78 is 0. The molecule has 0 bridgehead atoms. The molecule has 5 heteroatoms. The van der Waals surface area contributed by atoms with Crippen molar-refractivity contribution in [3.8, 4) is 0 Å². The maximum Gasteiger partial charge on any atom is 0.225 e. The lowest BCUT2D eigenvalue weighted by Crippen LogP contribution is -2.51. The summed E-state index contributed by atoms with van der Waals surface area (Å²) in [5, 5.41) is 3.32. The number of amides is 1. The van der Waals surface area contributed by atoms with Crippen molar-refractivity contribution < 1.29 is 4.79 Å². The maximum absolute atomic E-state index is 12.5. The number of hydrogen-bond donors (Lipinski definition) is 2. The van der Waals surface area contributed by atoms with E-state index in [2.05, 4.69) is 22.3 Å². The van der Waals surface area contributed by atoms with E-state index in [1.54, 1.807) is 0 Å². The minimum atomic E-state index is 0.231. The maximum atomic E-state index is 12.5. The zero-order valence-electron chi connectivity index (χ0n) is 12.4. The molecule has 0 aromatic heterocycles. The van der Waals surface area contributed by atoms with E-state index in [9.17, 15) is 4.79 Å². The Bertz CT molecular complexity index is 474. The van der Waals surface area contributed by atoms with E-state index in [0.29, 0.717) is 5.91 Å². The SMILES string of the molecule is Nc1ccc(N2CCN(C(=O)C3CCNCC3)CC2)cc1. The molecule has 1 aromatic carbocycles. The minimum Gasteiger partial charge on any atom is -0.399 e. The highest BCUT2D eigenvalue weighted by molar-refractivity contribution is 5.79. The fourth-order valence-corrected chi connectivity index (χ4v) is 3.20. The van der Waals surface area contributed by atoms with Gasteiger partial charge in [-0.05, 0) is 50.2 Å². The highest BCUT2D eigenvalue weighted by Gasteiger charge is 2.28. The summed E-state index contributed by atoms with van der Waals surface area (Å²) in [6, 6.07) is 7.98. The second-order valence-electron chi connectivity index (χ2n) is 5.93. The summed E-state index contributed by atoms with van der Waals surface area (Å²) in [7, 11) is 0. The van der Waals surface area contributed by atoms with E-state index in [4.69, 9.17) is 5.73 Å². The Morgan fingerprint density at radius 3 is 2.29 bits per heavy atom. The molecular weight excluding hydrogens is 264 g/mol. The summed E-state index contributed by atoms with van der Waals surface area (Å²) in [4.78, 5) is 16.9. The molecule has 3 rings (SSSR count). The van der Waals surface area contributed by atoms with Crippen molar-refractivity contribution in [1.82, 2.24) is 10.2 Å². The average Bonchev–Trinajstić information content (AvgIpc) is 2.56. The number of piperazine rings is 1. The Balaban J connectivity index is 1.54. The fourth-order valence-electron chi connectivity index (χ4n) is 3.20. The van der Waals surface area contributed by atoms with Crippen molar-refractivity contribution in [2.75, 3.05) is 49.9 Å². The normalized spacial score (nSPS) is 20.6. The van der Waals surface area contributed by atoms with Gasteiger partial charge in [0, 0.05) is 43.5 Å². The quantitative estimate of drug-likeness (QED) is 0.794. The van der Waals surface area contributed by atoms with Crippen LogP contribution in [0.5, 0.6) is 0 Å². The Morgan fingerprint density at radius 2 is 1.67 bits per heavy atom. The molecule has 2 fully saturated rings. The van der Waals surface area contributed by atoms with E-state index in [0.717, 1.165) is 57.8 Å². The van der Waals surface area contributed by atoms with Gasteiger partial charge in [-0.2, -0.15) is 0 Å². The number of nitrogen functional groups attached to an aromatic ring is 1. The number of nitrogens with one attached hydrogen (secondary N) is 1. The molecule has 2 aliphatic rings. The number of anilines is 2. The van der Waals surface area contributed by atoms with Gasteiger partial charge in [-0.3, -0.25) is 4.79 Å². The number of piperidine rings is 1. The highest BCUT2D eigenvalue weighted by atomic mass is 16.2. The van der Waals surface area contributed by atoms with Gasteiger partial charge in [0.05, 0.1) is 0 Å². The average molecular weight is 288 g/mol. The molecule has 5 nitrogen and oxygen atoms in total. The third-order valence-electron chi connectivity index (χ3n) is 4.54. The lowest BCUT2D eigenvalue weighted by atomic mass is 9.96. The van der Waals surface area contributed by atoms with Crippen LogP contribution in [0.25, 0.3) is 0 Å². The first-order valence-corrected chi connectivity index (χ1v) is 7.84. The number of nitrogens with zero attached hydrogens (tertiary/aromatic N) is 2. The Kier molecular flexibility index (Phi) is 4.29. The predicted octanol–water partition coefficient (Wildman–Crippen LogP) is 0.917. The number of nitrogens with two attached hydrogens (primary N) is 1. The van der Waals surface area contributed by atoms with Gasteiger partial charge in [0.25, 0.3) is 0 Å². The van der Waals surface area contributed by atoms with Gasteiger partial charge in [0.1, 0.15) is 0 Å². The topological polar surface area (TPSA) is 61.6 Å². The van der Waals surface area contributed by atoms with Crippen molar-refractivity contribution in [2.24, 2.45) is 5.92 Å². The molecule has 3 N–H and O–H groups in total.